The summed E-state index contributed by atoms with van der Waals surface area (Å²) in [5.74, 6) is 0.805. The van der Waals surface area contributed by atoms with Gasteiger partial charge in [-0.1, -0.05) is 0 Å². The summed E-state index contributed by atoms with van der Waals surface area (Å²) in [6.07, 6.45) is 2.53. The number of fused-ring (bicyclic) bond motifs is 1. The van der Waals surface area contributed by atoms with Crippen LogP contribution in [0.2, 0.25) is 0 Å². The Bertz CT molecular complexity index is 662. The summed E-state index contributed by atoms with van der Waals surface area (Å²) in [5, 5.41) is 4.59. The van der Waals surface area contributed by atoms with Crippen molar-refractivity contribution in [3.63, 3.8) is 0 Å². The van der Waals surface area contributed by atoms with E-state index in [0.717, 1.165) is 89.1 Å². The minimum atomic E-state index is -0.0936. The molecule has 2 saturated heterocycles. The molecule has 1 aromatic rings. The zero-order valence-electron chi connectivity index (χ0n) is 16.3. The standard InChI is InChI=1S/C19H30N6O2S/c28-19(22-21-16-3-13-27-17-2-1-4-20-18(16)17)25-9-7-23(8-10-25)5-6-24-11-14-26-15-12-24/h1-2,4,19,22,28H,3,5-15H2/b21-16-. The lowest BCUT2D eigenvalue weighted by atomic mass is 10.1. The Hall–Kier alpha value is -1.39. The number of nitrogens with one attached hydrogen (secondary N) is 1. The number of hydrogen-bond donors (Lipinski definition) is 2. The van der Waals surface area contributed by atoms with Crippen molar-refractivity contribution < 1.29 is 9.47 Å². The van der Waals surface area contributed by atoms with E-state index in [1.54, 1.807) is 6.20 Å². The Morgan fingerprint density at radius 1 is 1.07 bits per heavy atom. The molecule has 28 heavy (non-hydrogen) atoms. The van der Waals surface area contributed by atoms with Gasteiger partial charge in [-0.15, -0.1) is 12.6 Å². The van der Waals surface area contributed by atoms with Crippen LogP contribution in [0.4, 0.5) is 0 Å². The molecule has 4 heterocycles. The molecule has 1 atom stereocenters. The molecule has 9 heteroatoms. The topological polar surface area (TPSA) is 65.5 Å². The fourth-order valence-corrected chi connectivity index (χ4v) is 4.05. The molecular weight excluding hydrogens is 376 g/mol. The summed E-state index contributed by atoms with van der Waals surface area (Å²) in [5.41, 5.74) is 4.87. The van der Waals surface area contributed by atoms with Crippen LogP contribution in [-0.2, 0) is 4.74 Å². The zero-order chi connectivity index (χ0) is 19.2. The molecule has 3 aliphatic rings. The average molecular weight is 407 g/mol. The molecule has 0 bridgehead atoms. The number of aromatic nitrogens is 1. The molecule has 0 aliphatic carbocycles. The Morgan fingerprint density at radius 2 is 1.82 bits per heavy atom. The number of hydrogen-bond acceptors (Lipinski definition) is 9. The molecule has 1 unspecified atom stereocenters. The predicted octanol–water partition coefficient (Wildman–Crippen LogP) is 0.321. The quantitative estimate of drug-likeness (QED) is 0.401. The number of rotatable bonds is 6. The van der Waals surface area contributed by atoms with Gasteiger partial charge in [-0.05, 0) is 12.1 Å². The lowest BCUT2D eigenvalue weighted by molar-refractivity contribution is 0.0291. The molecule has 0 aromatic carbocycles. The van der Waals surface area contributed by atoms with Crippen molar-refractivity contribution in [2.24, 2.45) is 5.10 Å². The highest BCUT2D eigenvalue weighted by Gasteiger charge is 2.23. The highest BCUT2D eigenvalue weighted by atomic mass is 32.1. The van der Waals surface area contributed by atoms with E-state index in [2.05, 4.69) is 30.2 Å². The highest BCUT2D eigenvalue weighted by Crippen LogP contribution is 2.22. The van der Waals surface area contributed by atoms with Crippen molar-refractivity contribution in [1.29, 1.82) is 0 Å². The number of hydrazone groups is 1. The van der Waals surface area contributed by atoms with E-state index in [0.29, 0.717) is 6.61 Å². The summed E-state index contributed by atoms with van der Waals surface area (Å²) in [4.78, 5) is 11.8. The fourth-order valence-electron chi connectivity index (χ4n) is 3.77. The van der Waals surface area contributed by atoms with Gasteiger partial charge in [-0.3, -0.25) is 25.1 Å². The van der Waals surface area contributed by atoms with E-state index in [4.69, 9.17) is 22.1 Å². The van der Waals surface area contributed by atoms with Gasteiger partial charge in [0.2, 0.25) is 0 Å². The first-order valence-corrected chi connectivity index (χ1v) is 10.7. The van der Waals surface area contributed by atoms with E-state index in [1.165, 1.54) is 0 Å². The van der Waals surface area contributed by atoms with Crippen LogP contribution in [0.1, 0.15) is 12.1 Å². The maximum atomic E-state index is 5.64. The van der Waals surface area contributed by atoms with Crippen molar-refractivity contribution in [2.45, 2.75) is 11.9 Å². The minimum absolute atomic E-state index is 0.0936. The molecule has 1 aromatic heterocycles. The number of ether oxygens (including phenoxy) is 2. The van der Waals surface area contributed by atoms with Crippen LogP contribution in [0.3, 0.4) is 0 Å². The number of morpholine rings is 1. The first-order valence-electron chi connectivity index (χ1n) is 10.1. The van der Waals surface area contributed by atoms with E-state index in [9.17, 15) is 0 Å². The average Bonchev–Trinajstić information content (AvgIpc) is 2.77. The van der Waals surface area contributed by atoms with Crippen LogP contribution in [0, 0.1) is 0 Å². The second-order valence-electron chi connectivity index (χ2n) is 7.34. The van der Waals surface area contributed by atoms with Crippen molar-refractivity contribution >= 4 is 18.3 Å². The fraction of sp³-hybridized carbons (Fsp3) is 0.684. The first kappa shape index (κ1) is 19.9. The Labute approximate surface area is 172 Å². The van der Waals surface area contributed by atoms with Crippen LogP contribution in [0.15, 0.2) is 23.4 Å². The van der Waals surface area contributed by atoms with Crippen molar-refractivity contribution in [3.05, 3.63) is 24.0 Å². The lowest BCUT2D eigenvalue weighted by Gasteiger charge is -2.38. The largest absolute Gasteiger partial charge is 0.491 e. The van der Waals surface area contributed by atoms with Crippen LogP contribution in [-0.4, -0.2) is 103 Å². The molecule has 0 radical (unpaired) electrons. The van der Waals surface area contributed by atoms with Gasteiger partial charge < -0.3 is 9.47 Å². The normalized spacial score (nSPS) is 24.5. The number of thiol groups is 1. The second-order valence-corrected chi connectivity index (χ2v) is 7.83. The third kappa shape index (κ3) is 5.15. The van der Waals surface area contributed by atoms with Crippen LogP contribution < -0.4 is 10.2 Å². The molecule has 3 aliphatic heterocycles. The summed E-state index contributed by atoms with van der Waals surface area (Å²) in [6.45, 7) is 10.9. The Morgan fingerprint density at radius 3 is 2.61 bits per heavy atom. The SMILES string of the molecule is SC(N/N=C1/CCOc2cccnc21)N1CCN(CCN2CCOCC2)CC1. The molecule has 2 fully saturated rings. The minimum Gasteiger partial charge on any atom is -0.491 e. The van der Waals surface area contributed by atoms with Crippen molar-refractivity contribution in [2.75, 3.05) is 72.2 Å². The first-order chi connectivity index (χ1) is 13.8. The Balaban J connectivity index is 1.22. The number of nitrogens with zero attached hydrogens (tertiary/aromatic N) is 5. The third-order valence-corrected chi connectivity index (χ3v) is 5.99. The van der Waals surface area contributed by atoms with Crippen LogP contribution in [0.25, 0.3) is 0 Å². The summed E-state index contributed by atoms with van der Waals surface area (Å²) in [6, 6.07) is 3.82. The maximum Gasteiger partial charge on any atom is 0.146 e. The lowest BCUT2D eigenvalue weighted by Crippen LogP contribution is -2.53. The highest BCUT2D eigenvalue weighted by molar-refractivity contribution is 7.80. The summed E-state index contributed by atoms with van der Waals surface area (Å²) >= 11 is 4.72. The van der Waals surface area contributed by atoms with Gasteiger partial charge in [-0.2, -0.15) is 5.10 Å². The molecule has 4 rings (SSSR count). The van der Waals surface area contributed by atoms with E-state index in [-0.39, 0.29) is 5.50 Å². The summed E-state index contributed by atoms with van der Waals surface area (Å²) < 4.78 is 11.1. The van der Waals surface area contributed by atoms with Gasteiger partial charge >= 0.3 is 0 Å². The molecule has 8 nitrogen and oxygen atoms in total. The summed E-state index contributed by atoms with van der Waals surface area (Å²) in [7, 11) is 0. The van der Waals surface area contributed by atoms with E-state index in [1.807, 2.05) is 12.1 Å². The third-order valence-electron chi connectivity index (χ3n) is 5.54. The number of piperazine rings is 1. The van der Waals surface area contributed by atoms with Gasteiger partial charge in [0.15, 0.2) is 0 Å². The van der Waals surface area contributed by atoms with Gasteiger partial charge in [0.05, 0.1) is 25.5 Å². The van der Waals surface area contributed by atoms with Crippen LogP contribution in [0.5, 0.6) is 5.75 Å². The van der Waals surface area contributed by atoms with Gasteiger partial charge in [-0.25, -0.2) is 0 Å². The maximum absolute atomic E-state index is 5.64. The molecule has 0 amide bonds. The van der Waals surface area contributed by atoms with Crippen LogP contribution >= 0.6 is 12.6 Å². The predicted molar refractivity (Wildman–Crippen MR) is 112 cm³/mol. The van der Waals surface area contributed by atoms with Gasteiger partial charge in [0, 0.05) is 65.0 Å². The van der Waals surface area contributed by atoms with Crippen molar-refractivity contribution in [3.8, 4) is 5.75 Å². The molecule has 0 spiro atoms. The zero-order valence-corrected chi connectivity index (χ0v) is 17.2. The van der Waals surface area contributed by atoms with Crippen molar-refractivity contribution in [1.82, 2.24) is 25.1 Å². The Kier molecular flexibility index (Phi) is 7.03. The molecule has 0 saturated carbocycles. The van der Waals surface area contributed by atoms with Gasteiger partial charge in [0.25, 0.3) is 0 Å². The molecular formula is C19H30N6O2S. The number of pyridine rings is 1. The smallest absolute Gasteiger partial charge is 0.146 e. The monoisotopic (exact) mass is 406 g/mol. The van der Waals surface area contributed by atoms with E-state index < -0.39 is 0 Å². The van der Waals surface area contributed by atoms with Gasteiger partial charge in [0.1, 0.15) is 16.9 Å². The second kappa shape index (κ2) is 9.89. The molecule has 1 N–H and O–H groups in total. The van der Waals surface area contributed by atoms with E-state index >= 15 is 0 Å². The molecule has 154 valence electrons.